The first kappa shape index (κ1) is 14.2. The Bertz CT molecular complexity index is 931. The Labute approximate surface area is 143 Å². The van der Waals surface area contributed by atoms with E-state index in [4.69, 9.17) is 4.42 Å². The fourth-order valence-corrected chi connectivity index (χ4v) is 4.30. The van der Waals surface area contributed by atoms with Crippen LogP contribution in [0.15, 0.2) is 53.2 Å². The molecule has 124 valence electrons. The maximum absolute atomic E-state index is 13.1. The molecule has 0 bridgehead atoms. The topological polar surface area (TPSA) is 79.6 Å². The Morgan fingerprint density at radius 2 is 1.84 bits per heavy atom. The first-order valence-corrected chi connectivity index (χ1v) is 8.15. The first-order chi connectivity index (χ1) is 12.2. The number of carbonyl (C=O) groups excluding carboxylic acids is 3. The minimum atomic E-state index is -0.765. The largest absolute Gasteiger partial charge is 0.461 e. The maximum Gasteiger partial charge on any atom is 0.233 e. The Hall–Kier alpha value is -3.15. The van der Waals surface area contributed by atoms with Gasteiger partial charge in [-0.15, -0.1) is 0 Å². The van der Waals surface area contributed by atoms with Gasteiger partial charge in [-0.2, -0.15) is 0 Å². The van der Waals surface area contributed by atoms with E-state index in [1.165, 1.54) is 6.26 Å². The van der Waals surface area contributed by atoms with Gasteiger partial charge in [0.15, 0.2) is 5.76 Å². The number of nitrogens with zero attached hydrogens (tertiary/aromatic N) is 1. The molecule has 0 aliphatic carbocycles. The fraction of sp³-hybridized carbons (Fsp3) is 0.211. The zero-order chi connectivity index (χ0) is 17.1. The molecule has 0 radical (unpaired) electrons. The monoisotopic (exact) mass is 334 g/mol. The number of hydrogen-bond acceptors (Lipinski definition) is 5. The van der Waals surface area contributed by atoms with Crippen LogP contribution in [0.25, 0.3) is 6.08 Å². The molecule has 2 fully saturated rings. The number of Topliss-reactive ketones (excluding diaryl/α,β-unsaturated/α-hetero) is 1. The highest BCUT2D eigenvalue weighted by molar-refractivity contribution is 6.13. The molecule has 6 heteroatoms. The van der Waals surface area contributed by atoms with Crippen molar-refractivity contribution in [2.75, 3.05) is 4.90 Å². The molecular formula is C19H14N2O4. The number of para-hydroxylation sites is 1. The smallest absolute Gasteiger partial charge is 0.233 e. The predicted octanol–water partition coefficient (Wildman–Crippen LogP) is 1.64. The molecule has 0 unspecified atom stereocenters. The number of rotatable bonds is 2. The summed E-state index contributed by atoms with van der Waals surface area (Å²) in [7, 11) is 0. The van der Waals surface area contributed by atoms with Crippen LogP contribution >= 0.6 is 0 Å². The number of carbonyl (C=O) groups is 3. The van der Waals surface area contributed by atoms with E-state index in [2.05, 4.69) is 5.32 Å². The third-order valence-corrected chi connectivity index (χ3v) is 5.29. The number of hydrogen-bond donors (Lipinski definition) is 1. The fourth-order valence-electron chi connectivity index (χ4n) is 4.30. The summed E-state index contributed by atoms with van der Waals surface area (Å²) >= 11 is 0. The molecular weight excluding hydrogens is 320 g/mol. The Morgan fingerprint density at radius 1 is 1.04 bits per heavy atom. The SMILES string of the molecule is O=C1NC(=O)[C@H]2[C@@H]1[C@H](C(=O)c1ccco1)N1c3ccccc3C=C[C@H]21. The summed E-state index contributed by atoms with van der Waals surface area (Å²) in [6.45, 7) is 0. The van der Waals surface area contributed by atoms with Gasteiger partial charge in [0.1, 0.15) is 6.04 Å². The van der Waals surface area contributed by atoms with Gasteiger partial charge in [0, 0.05) is 5.69 Å². The van der Waals surface area contributed by atoms with Crippen LogP contribution in [0, 0.1) is 11.8 Å². The first-order valence-electron chi connectivity index (χ1n) is 8.15. The number of benzene rings is 1. The van der Waals surface area contributed by atoms with Crippen LogP contribution in [0.5, 0.6) is 0 Å². The van der Waals surface area contributed by atoms with Gasteiger partial charge in [0.05, 0.1) is 24.1 Å². The van der Waals surface area contributed by atoms with Crippen molar-refractivity contribution >= 4 is 29.4 Å². The third kappa shape index (κ3) is 1.82. The average molecular weight is 334 g/mol. The molecule has 0 saturated carbocycles. The van der Waals surface area contributed by atoms with Crippen LogP contribution in [-0.2, 0) is 9.59 Å². The number of nitrogens with one attached hydrogen (secondary N) is 1. The number of furan rings is 1. The summed E-state index contributed by atoms with van der Waals surface area (Å²) in [6.07, 6.45) is 5.29. The van der Waals surface area contributed by atoms with E-state index in [9.17, 15) is 14.4 Å². The number of amides is 2. The summed E-state index contributed by atoms with van der Waals surface area (Å²) in [4.78, 5) is 39.8. The average Bonchev–Trinajstić information content (AvgIpc) is 3.32. The Morgan fingerprint density at radius 3 is 2.64 bits per heavy atom. The molecule has 1 aromatic carbocycles. The molecule has 3 aliphatic heterocycles. The van der Waals surface area contributed by atoms with Gasteiger partial charge in [-0.1, -0.05) is 30.4 Å². The van der Waals surface area contributed by atoms with Crippen molar-refractivity contribution in [1.82, 2.24) is 5.32 Å². The lowest BCUT2D eigenvalue weighted by molar-refractivity contribution is -0.126. The number of imide groups is 1. The molecule has 25 heavy (non-hydrogen) atoms. The van der Waals surface area contributed by atoms with Gasteiger partial charge < -0.3 is 9.32 Å². The summed E-state index contributed by atoms with van der Waals surface area (Å²) in [5.74, 6) is -2.07. The van der Waals surface area contributed by atoms with E-state index < -0.39 is 17.9 Å². The zero-order valence-corrected chi connectivity index (χ0v) is 13.1. The van der Waals surface area contributed by atoms with Crippen molar-refractivity contribution in [3.05, 3.63) is 60.1 Å². The zero-order valence-electron chi connectivity index (χ0n) is 13.1. The molecule has 2 saturated heterocycles. The van der Waals surface area contributed by atoms with Gasteiger partial charge in [-0.3, -0.25) is 19.7 Å². The van der Waals surface area contributed by atoms with Crippen molar-refractivity contribution in [2.24, 2.45) is 11.8 Å². The molecule has 6 nitrogen and oxygen atoms in total. The highest BCUT2D eigenvalue weighted by atomic mass is 16.3. The van der Waals surface area contributed by atoms with Crippen molar-refractivity contribution in [3.8, 4) is 0 Å². The van der Waals surface area contributed by atoms with E-state index in [0.717, 1.165) is 11.3 Å². The van der Waals surface area contributed by atoms with E-state index in [1.807, 2.05) is 41.3 Å². The van der Waals surface area contributed by atoms with E-state index >= 15 is 0 Å². The molecule has 1 aromatic heterocycles. The second kappa shape index (κ2) is 4.92. The van der Waals surface area contributed by atoms with Crippen molar-refractivity contribution in [1.29, 1.82) is 0 Å². The summed E-state index contributed by atoms with van der Waals surface area (Å²) in [6, 6.07) is 9.81. The van der Waals surface area contributed by atoms with Crippen LogP contribution in [0.4, 0.5) is 5.69 Å². The normalized spacial score (nSPS) is 29.2. The molecule has 5 rings (SSSR count). The maximum atomic E-state index is 13.1. The molecule has 4 heterocycles. The highest BCUT2D eigenvalue weighted by Crippen LogP contribution is 2.46. The number of anilines is 1. The molecule has 2 amide bonds. The van der Waals surface area contributed by atoms with Gasteiger partial charge >= 0.3 is 0 Å². The number of fused-ring (bicyclic) bond motifs is 5. The highest BCUT2D eigenvalue weighted by Gasteiger charge is 2.61. The molecule has 1 N–H and O–H groups in total. The Kier molecular flexibility index (Phi) is 2.80. The van der Waals surface area contributed by atoms with E-state index in [0.29, 0.717) is 0 Å². The predicted molar refractivity (Wildman–Crippen MR) is 88.7 cm³/mol. The second-order valence-electron chi connectivity index (χ2n) is 6.51. The molecule has 0 spiro atoms. The summed E-state index contributed by atoms with van der Waals surface area (Å²) in [5, 5.41) is 2.38. The minimum Gasteiger partial charge on any atom is -0.461 e. The van der Waals surface area contributed by atoms with Crippen molar-refractivity contribution in [3.63, 3.8) is 0 Å². The number of ketones is 1. The van der Waals surface area contributed by atoms with Crippen LogP contribution in [-0.4, -0.2) is 29.7 Å². The van der Waals surface area contributed by atoms with E-state index in [-0.39, 0.29) is 29.4 Å². The lowest BCUT2D eigenvalue weighted by Crippen LogP contribution is -2.47. The molecule has 4 atom stereocenters. The van der Waals surface area contributed by atoms with E-state index in [1.54, 1.807) is 12.1 Å². The van der Waals surface area contributed by atoms with Crippen LogP contribution in [0.3, 0.4) is 0 Å². The third-order valence-electron chi connectivity index (χ3n) is 5.29. The van der Waals surface area contributed by atoms with Gasteiger partial charge in [-0.25, -0.2) is 0 Å². The van der Waals surface area contributed by atoms with Crippen LogP contribution in [0.1, 0.15) is 16.1 Å². The van der Waals surface area contributed by atoms with Gasteiger partial charge in [0.2, 0.25) is 17.6 Å². The Balaban J connectivity index is 1.69. The summed E-state index contributed by atoms with van der Waals surface area (Å²) in [5.41, 5.74) is 1.82. The standard InChI is InChI=1S/C19H14N2O4/c22-17(13-6-3-9-25-13)16-15-14(18(23)20-19(15)24)12-8-7-10-4-1-2-5-11(10)21(12)16/h1-9,12,14-16H,(H,20,23,24)/t12-,14-,15-,16-/m1/s1. The quantitative estimate of drug-likeness (QED) is 0.667. The minimum absolute atomic E-state index is 0.198. The van der Waals surface area contributed by atoms with Crippen LogP contribution < -0.4 is 10.2 Å². The van der Waals surface area contributed by atoms with Gasteiger partial charge in [0.25, 0.3) is 0 Å². The van der Waals surface area contributed by atoms with Crippen molar-refractivity contribution < 1.29 is 18.8 Å². The molecule has 3 aliphatic rings. The van der Waals surface area contributed by atoms with Crippen LogP contribution in [0.2, 0.25) is 0 Å². The lowest BCUT2D eigenvalue weighted by atomic mass is 9.87. The molecule has 2 aromatic rings. The van der Waals surface area contributed by atoms with Gasteiger partial charge in [-0.05, 0) is 23.8 Å². The summed E-state index contributed by atoms with van der Waals surface area (Å²) < 4.78 is 5.28. The second-order valence-corrected chi connectivity index (χ2v) is 6.51. The lowest BCUT2D eigenvalue weighted by Gasteiger charge is -2.35. The van der Waals surface area contributed by atoms with Crippen molar-refractivity contribution in [2.45, 2.75) is 12.1 Å².